The maximum Gasteiger partial charge on any atom is 0.420 e. The molecule has 0 atom stereocenters. The molecule has 0 bridgehead atoms. The van der Waals surface area contributed by atoms with E-state index in [4.69, 9.17) is 20.9 Å². The van der Waals surface area contributed by atoms with Crippen molar-refractivity contribution in [3.8, 4) is 23.0 Å². The van der Waals surface area contributed by atoms with Gasteiger partial charge in [0.05, 0.1) is 0 Å². The first-order valence-corrected chi connectivity index (χ1v) is 11.7. The minimum absolute atomic E-state index is 0.0738. The lowest BCUT2D eigenvalue weighted by atomic mass is 9.77. The maximum absolute atomic E-state index is 13.7. The zero-order valence-corrected chi connectivity index (χ0v) is 20.8. The van der Waals surface area contributed by atoms with Crippen LogP contribution in [0.5, 0.6) is 23.0 Å². The number of alkyl halides is 6. The third kappa shape index (κ3) is 5.89. The number of nitrogen functional groups attached to an aromatic ring is 2. The van der Waals surface area contributed by atoms with Crippen LogP contribution in [0.15, 0.2) is 84.9 Å². The van der Waals surface area contributed by atoms with Crippen molar-refractivity contribution in [3.05, 3.63) is 107 Å². The fourth-order valence-corrected chi connectivity index (χ4v) is 4.24. The number of nitrogens with two attached hydrogens (primary N) is 2. The van der Waals surface area contributed by atoms with Crippen molar-refractivity contribution < 1.29 is 35.8 Å². The van der Waals surface area contributed by atoms with Gasteiger partial charge >= 0.3 is 12.4 Å². The predicted molar refractivity (Wildman–Crippen MR) is 137 cm³/mol. The van der Waals surface area contributed by atoms with Gasteiger partial charge in [-0.3, -0.25) is 0 Å². The number of hydrogen-bond donors (Lipinski definition) is 2. The van der Waals surface area contributed by atoms with Crippen LogP contribution in [-0.2, 0) is 17.8 Å². The second kappa shape index (κ2) is 10.1. The van der Waals surface area contributed by atoms with Gasteiger partial charge in [0.15, 0.2) is 0 Å². The summed E-state index contributed by atoms with van der Waals surface area (Å²) in [6.45, 7) is 3.53. The van der Waals surface area contributed by atoms with Gasteiger partial charge in [-0.1, -0.05) is 50.2 Å². The predicted octanol–water partition coefficient (Wildman–Crippen LogP) is 8.80. The Balaban J connectivity index is 1.78. The van der Waals surface area contributed by atoms with Gasteiger partial charge in [-0.15, -0.1) is 0 Å². The van der Waals surface area contributed by atoms with Crippen molar-refractivity contribution in [2.45, 2.75) is 31.6 Å². The van der Waals surface area contributed by atoms with Crippen LogP contribution in [0.4, 0.5) is 37.7 Å². The standard InChI is InChI=1S/C29H24F6N2O2/c1-27(2,19-7-3-5-9-23(19)38-25-13-11-17(36)15-21(25)28(30,31)32)20-8-4-6-10-24(20)39-26-14-12-18(37)16-22(26)29(33,34)35/h3-16H,36-37H2,1-2H3. The van der Waals surface area contributed by atoms with Crippen molar-refractivity contribution in [1.29, 1.82) is 0 Å². The first-order valence-electron chi connectivity index (χ1n) is 11.7. The van der Waals surface area contributed by atoms with Gasteiger partial charge in [-0.25, -0.2) is 0 Å². The lowest BCUT2D eigenvalue weighted by Crippen LogP contribution is -2.21. The van der Waals surface area contributed by atoms with Crippen LogP contribution in [0.25, 0.3) is 0 Å². The molecule has 0 heterocycles. The Hall–Kier alpha value is -4.34. The van der Waals surface area contributed by atoms with E-state index in [9.17, 15) is 26.3 Å². The molecule has 0 saturated carbocycles. The Morgan fingerprint density at radius 1 is 0.487 bits per heavy atom. The summed E-state index contributed by atoms with van der Waals surface area (Å²) >= 11 is 0. The number of ether oxygens (including phenoxy) is 2. The smallest absolute Gasteiger partial charge is 0.420 e. The Kier molecular flexibility index (Phi) is 7.16. The van der Waals surface area contributed by atoms with Crippen LogP contribution in [0, 0.1) is 0 Å². The molecule has 4 rings (SSSR count). The molecule has 0 radical (unpaired) electrons. The molecule has 0 aliphatic heterocycles. The van der Waals surface area contributed by atoms with Crippen LogP contribution in [0.1, 0.15) is 36.1 Å². The topological polar surface area (TPSA) is 70.5 Å². The van der Waals surface area contributed by atoms with E-state index in [1.807, 2.05) is 0 Å². The van der Waals surface area contributed by atoms with E-state index in [1.165, 1.54) is 24.3 Å². The van der Waals surface area contributed by atoms with Gasteiger partial charge in [-0.2, -0.15) is 26.3 Å². The van der Waals surface area contributed by atoms with Crippen LogP contribution in [0.2, 0.25) is 0 Å². The number of halogens is 6. The molecule has 0 aliphatic carbocycles. The molecule has 4 aromatic carbocycles. The molecule has 0 saturated heterocycles. The fraction of sp³-hybridized carbons (Fsp3) is 0.172. The van der Waals surface area contributed by atoms with E-state index < -0.39 is 40.4 Å². The summed E-state index contributed by atoms with van der Waals surface area (Å²) in [5, 5.41) is 0. The second-order valence-electron chi connectivity index (χ2n) is 9.33. The molecule has 0 unspecified atom stereocenters. The van der Waals surface area contributed by atoms with Crippen molar-refractivity contribution >= 4 is 11.4 Å². The average Bonchev–Trinajstić information content (AvgIpc) is 2.85. The summed E-state index contributed by atoms with van der Waals surface area (Å²) in [5.74, 6) is -0.644. The molecule has 10 heteroatoms. The Bertz CT molecular complexity index is 1390. The molecule has 0 aromatic heterocycles. The normalized spacial score (nSPS) is 12.3. The maximum atomic E-state index is 13.7. The van der Waals surface area contributed by atoms with Crippen LogP contribution in [-0.4, -0.2) is 0 Å². The van der Waals surface area contributed by atoms with Gasteiger partial charge in [0.2, 0.25) is 0 Å². The summed E-state index contributed by atoms with van der Waals surface area (Å²) in [5.41, 5.74) is 8.86. The average molecular weight is 547 g/mol. The van der Waals surface area contributed by atoms with Crippen LogP contribution in [0.3, 0.4) is 0 Å². The van der Waals surface area contributed by atoms with E-state index in [2.05, 4.69) is 0 Å². The van der Waals surface area contributed by atoms with E-state index >= 15 is 0 Å². The molecule has 4 N–H and O–H groups in total. The number of benzene rings is 4. The first kappa shape index (κ1) is 27.7. The molecule has 4 aromatic rings. The molecule has 0 aliphatic rings. The second-order valence-corrected chi connectivity index (χ2v) is 9.33. The van der Waals surface area contributed by atoms with E-state index in [0.717, 1.165) is 24.3 Å². The van der Waals surface area contributed by atoms with Gasteiger partial charge < -0.3 is 20.9 Å². The quantitative estimate of drug-likeness (QED) is 0.187. The molecule has 39 heavy (non-hydrogen) atoms. The van der Waals surface area contributed by atoms with Gasteiger partial charge in [0.1, 0.15) is 34.1 Å². The molecule has 0 fully saturated rings. The van der Waals surface area contributed by atoms with Crippen molar-refractivity contribution in [3.63, 3.8) is 0 Å². The first-order chi connectivity index (χ1) is 18.2. The van der Waals surface area contributed by atoms with Gasteiger partial charge in [0, 0.05) is 27.9 Å². The summed E-state index contributed by atoms with van der Waals surface area (Å²) in [6, 6.07) is 19.4. The van der Waals surface area contributed by atoms with E-state index in [-0.39, 0.29) is 22.9 Å². The molecule has 0 spiro atoms. The summed E-state index contributed by atoms with van der Waals surface area (Å²) in [7, 11) is 0. The minimum atomic E-state index is -4.72. The number of para-hydroxylation sites is 2. The number of rotatable bonds is 6. The van der Waals surface area contributed by atoms with E-state index in [0.29, 0.717) is 11.1 Å². The van der Waals surface area contributed by atoms with Crippen molar-refractivity contribution in [1.82, 2.24) is 0 Å². The number of anilines is 2. The molecule has 0 amide bonds. The highest BCUT2D eigenvalue weighted by Crippen LogP contribution is 2.46. The lowest BCUT2D eigenvalue weighted by Gasteiger charge is -2.30. The fourth-order valence-electron chi connectivity index (χ4n) is 4.24. The van der Waals surface area contributed by atoms with Crippen molar-refractivity contribution in [2.75, 3.05) is 11.5 Å². The zero-order chi connectivity index (χ0) is 28.6. The molecular weight excluding hydrogens is 522 g/mol. The van der Waals surface area contributed by atoms with Gasteiger partial charge in [-0.05, 0) is 48.5 Å². The molecule has 204 valence electrons. The zero-order valence-electron chi connectivity index (χ0n) is 20.8. The molecule has 4 nitrogen and oxygen atoms in total. The van der Waals surface area contributed by atoms with E-state index in [1.54, 1.807) is 50.2 Å². The monoisotopic (exact) mass is 546 g/mol. The molecular formula is C29H24F6N2O2. The highest BCUT2D eigenvalue weighted by molar-refractivity contribution is 5.56. The Labute approximate surface area is 220 Å². The van der Waals surface area contributed by atoms with Crippen LogP contribution < -0.4 is 20.9 Å². The van der Waals surface area contributed by atoms with Gasteiger partial charge in [0.25, 0.3) is 0 Å². The summed E-state index contributed by atoms with van der Waals surface area (Å²) in [4.78, 5) is 0. The minimum Gasteiger partial charge on any atom is -0.456 e. The summed E-state index contributed by atoms with van der Waals surface area (Å²) < 4.78 is 93.7. The lowest BCUT2D eigenvalue weighted by molar-refractivity contribution is -0.139. The number of hydrogen-bond acceptors (Lipinski definition) is 4. The highest BCUT2D eigenvalue weighted by Gasteiger charge is 2.37. The third-order valence-electron chi connectivity index (χ3n) is 6.18. The Morgan fingerprint density at radius 3 is 1.18 bits per heavy atom. The largest absolute Gasteiger partial charge is 0.456 e. The SMILES string of the molecule is CC(C)(c1ccccc1Oc1ccc(N)cc1C(F)(F)F)c1ccccc1Oc1ccc(N)cc1C(F)(F)F. The van der Waals surface area contributed by atoms with Crippen molar-refractivity contribution in [2.24, 2.45) is 0 Å². The third-order valence-corrected chi connectivity index (χ3v) is 6.18. The summed E-state index contributed by atoms with van der Waals surface area (Å²) in [6.07, 6.45) is -9.43. The Morgan fingerprint density at radius 2 is 0.821 bits per heavy atom. The van der Waals surface area contributed by atoms with Crippen LogP contribution >= 0.6 is 0 Å². The highest BCUT2D eigenvalue weighted by atomic mass is 19.4.